The highest BCUT2D eigenvalue weighted by Crippen LogP contribution is 2.47. The van der Waals surface area contributed by atoms with E-state index in [0.717, 1.165) is 55.0 Å². The molecule has 3 aromatic rings. The number of benzene rings is 2. The van der Waals surface area contributed by atoms with Gasteiger partial charge < -0.3 is 24.6 Å². The van der Waals surface area contributed by atoms with Gasteiger partial charge in [-0.2, -0.15) is 0 Å². The Kier molecular flexibility index (Phi) is 4.99. The van der Waals surface area contributed by atoms with Crippen LogP contribution in [0.25, 0.3) is 10.9 Å². The Morgan fingerprint density at radius 3 is 2.61 bits per heavy atom. The van der Waals surface area contributed by atoms with Crippen molar-refractivity contribution in [2.45, 2.75) is 24.3 Å². The second-order valence-corrected chi connectivity index (χ2v) is 8.76. The number of fused-ring (bicyclic) bond motifs is 4. The fourth-order valence-electron chi connectivity index (χ4n) is 5.51. The molecule has 2 N–H and O–H groups in total. The minimum atomic E-state index is -0.0898. The van der Waals surface area contributed by atoms with E-state index in [4.69, 9.17) is 4.74 Å². The number of aliphatic hydroxyl groups excluding tert-OH is 1. The average Bonchev–Trinajstić information content (AvgIpc) is 3.13. The summed E-state index contributed by atoms with van der Waals surface area (Å²) in [7, 11) is 3.75. The Balaban J connectivity index is 1.52. The van der Waals surface area contributed by atoms with Gasteiger partial charge in [-0.1, -0.05) is 18.2 Å². The van der Waals surface area contributed by atoms with Crippen molar-refractivity contribution in [3.63, 3.8) is 0 Å². The molecule has 0 radical (unpaired) electrons. The van der Waals surface area contributed by atoms with E-state index < -0.39 is 0 Å². The van der Waals surface area contributed by atoms with Gasteiger partial charge >= 0.3 is 0 Å². The van der Waals surface area contributed by atoms with Gasteiger partial charge in [0, 0.05) is 54.8 Å². The quantitative estimate of drug-likeness (QED) is 0.685. The summed E-state index contributed by atoms with van der Waals surface area (Å²) in [6.07, 6.45) is 1.80. The Bertz CT molecular complexity index is 1110. The second kappa shape index (κ2) is 7.70. The molecule has 1 saturated heterocycles. The van der Waals surface area contributed by atoms with E-state index in [0.29, 0.717) is 0 Å². The van der Waals surface area contributed by atoms with Crippen LogP contribution in [0, 0.1) is 0 Å². The third kappa shape index (κ3) is 3.13. The number of aromatic nitrogens is 1. The van der Waals surface area contributed by atoms with Crippen LogP contribution >= 0.6 is 0 Å². The lowest BCUT2D eigenvalue weighted by Gasteiger charge is -2.46. The van der Waals surface area contributed by atoms with Gasteiger partial charge in [-0.05, 0) is 42.7 Å². The van der Waals surface area contributed by atoms with Crippen LogP contribution in [0.3, 0.4) is 0 Å². The van der Waals surface area contributed by atoms with E-state index in [2.05, 4.69) is 29.1 Å². The molecule has 3 heterocycles. The van der Waals surface area contributed by atoms with E-state index in [1.807, 2.05) is 41.3 Å². The molecular weight excluding hydrogens is 390 g/mol. The van der Waals surface area contributed by atoms with Gasteiger partial charge in [0.25, 0.3) is 5.91 Å². The summed E-state index contributed by atoms with van der Waals surface area (Å²) < 4.78 is 7.66. The molecular formula is C25H29N3O3. The molecule has 2 aromatic carbocycles. The summed E-state index contributed by atoms with van der Waals surface area (Å²) in [6.45, 7) is 2.32. The zero-order valence-corrected chi connectivity index (χ0v) is 18.1. The van der Waals surface area contributed by atoms with Crippen LogP contribution in [0.15, 0.2) is 48.5 Å². The van der Waals surface area contributed by atoms with Crippen LogP contribution in [0.2, 0.25) is 0 Å². The van der Waals surface area contributed by atoms with E-state index in [9.17, 15) is 9.90 Å². The first kappa shape index (κ1) is 20.1. The summed E-state index contributed by atoms with van der Waals surface area (Å²) in [5.74, 6) is 0.937. The minimum absolute atomic E-state index is 0.0530. The number of piperidine rings is 1. The number of carbonyl (C=O) groups excluding carboxylic acids is 1. The molecule has 1 atom stereocenters. The summed E-state index contributed by atoms with van der Waals surface area (Å²) >= 11 is 0. The Morgan fingerprint density at radius 2 is 1.94 bits per heavy atom. The molecule has 1 aromatic heterocycles. The number of aryl methyl sites for hydroxylation is 1. The fraction of sp³-hybridized carbons (Fsp3) is 0.400. The summed E-state index contributed by atoms with van der Waals surface area (Å²) in [6, 6.07) is 15.7. The van der Waals surface area contributed by atoms with Crippen LogP contribution in [-0.4, -0.2) is 53.8 Å². The van der Waals surface area contributed by atoms with Crippen molar-refractivity contribution in [2.75, 3.05) is 33.4 Å². The highest BCUT2D eigenvalue weighted by molar-refractivity contribution is 5.94. The number of likely N-dealkylation sites (tertiary alicyclic amines) is 1. The highest BCUT2D eigenvalue weighted by Gasteiger charge is 2.45. The predicted octanol–water partition coefficient (Wildman–Crippen LogP) is 3.00. The van der Waals surface area contributed by atoms with Crippen molar-refractivity contribution < 1.29 is 14.6 Å². The van der Waals surface area contributed by atoms with E-state index in [-0.39, 0.29) is 24.0 Å². The fourth-order valence-corrected chi connectivity index (χ4v) is 5.51. The molecule has 6 heteroatoms. The number of hydrogen-bond acceptors (Lipinski definition) is 4. The molecule has 6 nitrogen and oxygen atoms in total. The maximum atomic E-state index is 13.0. The first-order valence-electron chi connectivity index (χ1n) is 10.9. The third-order valence-corrected chi connectivity index (χ3v) is 7.21. The molecule has 2 aliphatic heterocycles. The normalized spacial score (nSPS) is 20.1. The molecule has 0 saturated carbocycles. The molecule has 1 amide bonds. The van der Waals surface area contributed by atoms with Crippen LogP contribution in [0.5, 0.6) is 5.75 Å². The van der Waals surface area contributed by atoms with Gasteiger partial charge in [0.05, 0.1) is 25.3 Å². The largest absolute Gasteiger partial charge is 0.497 e. The molecule has 31 heavy (non-hydrogen) atoms. The monoisotopic (exact) mass is 419 g/mol. The number of aliphatic hydroxyl groups is 1. The second-order valence-electron chi connectivity index (χ2n) is 8.76. The van der Waals surface area contributed by atoms with E-state index in [1.165, 1.54) is 10.9 Å². The molecule has 1 spiro atoms. The Labute approximate surface area is 182 Å². The summed E-state index contributed by atoms with van der Waals surface area (Å²) in [4.78, 5) is 14.9. The van der Waals surface area contributed by atoms with Gasteiger partial charge in [0.2, 0.25) is 0 Å². The third-order valence-electron chi connectivity index (χ3n) is 7.21. The average molecular weight is 420 g/mol. The first-order valence-corrected chi connectivity index (χ1v) is 10.9. The van der Waals surface area contributed by atoms with Crippen molar-refractivity contribution in [3.05, 3.63) is 65.4 Å². The van der Waals surface area contributed by atoms with Crippen LogP contribution in [0.4, 0.5) is 0 Å². The predicted molar refractivity (Wildman–Crippen MR) is 121 cm³/mol. The van der Waals surface area contributed by atoms with E-state index >= 15 is 0 Å². The van der Waals surface area contributed by atoms with Crippen LogP contribution < -0.4 is 10.1 Å². The molecule has 0 bridgehead atoms. The SMILES string of the molecule is COc1ccc2c3c(n(C)c2c1)[C@H](CO)NCC31CCN(C(=O)c2ccccc2)CC1. The van der Waals surface area contributed by atoms with Gasteiger partial charge in [0.1, 0.15) is 5.75 Å². The lowest BCUT2D eigenvalue weighted by atomic mass is 9.69. The highest BCUT2D eigenvalue weighted by atomic mass is 16.5. The van der Waals surface area contributed by atoms with Crippen LogP contribution in [-0.2, 0) is 12.5 Å². The maximum Gasteiger partial charge on any atom is 0.253 e. The summed E-state index contributed by atoms with van der Waals surface area (Å²) in [5.41, 5.74) is 4.30. The van der Waals surface area contributed by atoms with E-state index in [1.54, 1.807) is 7.11 Å². The van der Waals surface area contributed by atoms with Gasteiger partial charge in [-0.15, -0.1) is 0 Å². The van der Waals surface area contributed by atoms with Crippen molar-refractivity contribution in [1.29, 1.82) is 0 Å². The molecule has 0 unspecified atom stereocenters. The first-order chi connectivity index (χ1) is 15.1. The van der Waals surface area contributed by atoms with Crippen molar-refractivity contribution in [1.82, 2.24) is 14.8 Å². The number of carbonyl (C=O) groups is 1. The molecule has 0 aliphatic carbocycles. The standard InChI is InChI=1S/C25H29N3O3/c1-27-21-14-18(31-2)8-9-19(21)22-23(27)20(15-29)26-16-25(22)10-12-28(13-11-25)24(30)17-6-4-3-5-7-17/h3-9,14,20,26,29H,10-13,15-16H2,1-2H3/t20-/m0/s1. The van der Waals surface area contributed by atoms with Crippen LogP contribution in [0.1, 0.15) is 40.5 Å². The zero-order valence-electron chi connectivity index (χ0n) is 18.1. The zero-order chi connectivity index (χ0) is 21.6. The topological polar surface area (TPSA) is 66.7 Å². The summed E-state index contributed by atoms with van der Waals surface area (Å²) in [5, 5.41) is 14.9. The lowest BCUT2D eigenvalue weighted by Crippen LogP contribution is -2.53. The molecule has 5 rings (SSSR count). The maximum absolute atomic E-state index is 13.0. The lowest BCUT2D eigenvalue weighted by molar-refractivity contribution is 0.0651. The number of rotatable bonds is 3. The number of nitrogens with zero attached hydrogens (tertiary/aromatic N) is 2. The smallest absolute Gasteiger partial charge is 0.253 e. The molecule has 2 aliphatic rings. The molecule has 162 valence electrons. The van der Waals surface area contributed by atoms with Crippen molar-refractivity contribution in [3.8, 4) is 5.75 Å². The minimum Gasteiger partial charge on any atom is -0.497 e. The Morgan fingerprint density at radius 1 is 1.19 bits per heavy atom. The van der Waals surface area contributed by atoms with Gasteiger partial charge in [0.15, 0.2) is 0 Å². The number of ether oxygens (including phenoxy) is 1. The molecule has 1 fully saturated rings. The number of hydrogen-bond donors (Lipinski definition) is 2. The number of amides is 1. The Hall–Kier alpha value is -2.83. The number of methoxy groups -OCH3 is 1. The van der Waals surface area contributed by atoms with Gasteiger partial charge in [-0.25, -0.2) is 0 Å². The van der Waals surface area contributed by atoms with Crippen molar-refractivity contribution >= 4 is 16.8 Å². The van der Waals surface area contributed by atoms with Crippen molar-refractivity contribution in [2.24, 2.45) is 7.05 Å². The number of nitrogens with one attached hydrogen (secondary N) is 1. The van der Waals surface area contributed by atoms with Gasteiger partial charge in [-0.3, -0.25) is 4.79 Å².